The van der Waals surface area contributed by atoms with E-state index in [4.69, 9.17) is 13.9 Å². The number of benzene rings is 1. The van der Waals surface area contributed by atoms with Gasteiger partial charge < -0.3 is 19.0 Å². The topological polar surface area (TPSA) is 83.8 Å². The second-order valence-electron chi connectivity index (χ2n) is 6.55. The highest BCUT2D eigenvalue weighted by molar-refractivity contribution is 5.97. The summed E-state index contributed by atoms with van der Waals surface area (Å²) in [5, 5.41) is 21.0. The predicted molar refractivity (Wildman–Crippen MR) is 101 cm³/mol. The summed E-state index contributed by atoms with van der Waals surface area (Å²) >= 11 is 0. The first-order valence-electron chi connectivity index (χ1n) is 8.52. The van der Waals surface area contributed by atoms with Crippen molar-refractivity contribution >= 4 is 21.9 Å². The summed E-state index contributed by atoms with van der Waals surface area (Å²) in [6.07, 6.45) is 5.83. The van der Waals surface area contributed by atoms with Gasteiger partial charge in [-0.2, -0.15) is 0 Å². The molecule has 5 nitrogen and oxygen atoms in total. The smallest absolute Gasteiger partial charge is 0.336 e. The summed E-state index contributed by atoms with van der Waals surface area (Å²) in [6, 6.07) is 6.83. The Morgan fingerprint density at radius 1 is 1.15 bits per heavy atom. The fraction of sp³-hybridized carbons (Fsp3) is 0.286. The van der Waals surface area contributed by atoms with Crippen molar-refractivity contribution in [3.05, 3.63) is 69.8 Å². The lowest BCUT2D eigenvalue weighted by Crippen LogP contribution is -2.05. The highest BCUT2D eigenvalue weighted by atomic mass is 16.4. The van der Waals surface area contributed by atoms with E-state index in [0.29, 0.717) is 24.0 Å². The van der Waals surface area contributed by atoms with Gasteiger partial charge in [0.1, 0.15) is 11.2 Å². The molecule has 1 aromatic carbocycles. The van der Waals surface area contributed by atoms with Crippen molar-refractivity contribution in [1.29, 1.82) is 0 Å². The third-order valence-corrected chi connectivity index (χ3v) is 4.38. The number of furan rings is 1. The van der Waals surface area contributed by atoms with E-state index in [1.54, 1.807) is 31.4 Å². The Morgan fingerprint density at radius 2 is 1.92 bits per heavy atom. The van der Waals surface area contributed by atoms with Gasteiger partial charge in [0, 0.05) is 22.9 Å². The van der Waals surface area contributed by atoms with E-state index < -0.39 is 11.7 Å². The van der Waals surface area contributed by atoms with E-state index in [-0.39, 0.29) is 6.61 Å². The number of rotatable bonds is 6. The molecule has 26 heavy (non-hydrogen) atoms. The minimum atomic E-state index is -0.627. The Morgan fingerprint density at radius 3 is 2.69 bits per heavy atom. The zero-order valence-corrected chi connectivity index (χ0v) is 14.9. The standard InChI is InChI=1S/C21H22O5/c1-13(9-15(23)10-14(2)12-22)3-4-16-17-5-6-21(24)26-20(17)11-19-18(16)7-8-25-19/h3,5-8,10-11,15,22-23H,4,9,12H2,1-2H3/b13-3+,14-10+/t15-/m1/s1. The van der Waals surface area contributed by atoms with Crippen molar-refractivity contribution in [2.24, 2.45) is 0 Å². The van der Waals surface area contributed by atoms with Crippen LogP contribution in [0.3, 0.4) is 0 Å². The maximum absolute atomic E-state index is 11.5. The molecule has 0 bridgehead atoms. The minimum Gasteiger partial charge on any atom is -0.464 e. The zero-order valence-electron chi connectivity index (χ0n) is 14.9. The first-order valence-corrected chi connectivity index (χ1v) is 8.52. The van der Waals surface area contributed by atoms with Crippen molar-refractivity contribution < 1.29 is 19.0 Å². The summed E-state index contributed by atoms with van der Waals surface area (Å²) in [5.74, 6) is 0. The van der Waals surface area contributed by atoms with Gasteiger partial charge in [-0.3, -0.25) is 0 Å². The molecular weight excluding hydrogens is 332 g/mol. The van der Waals surface area contributed by atoms with Crippen LogP contribution in [0.2, 0.25) is 0 Å². The highest BCUT2D eigenvalue weighted by Crippen LogP contribution is 2.29. The summed E-state index contributed by atoms with van der Waals surface area (Å²) in [4.78, 5) is 11.5. The Hall–Kier alpha value is -2.63. The molecule has 3 aromatic rings. The minimum absolute atomic E-state index is 0.0561. The van der Waals surface area contributed by atoms with Gasteiger partial charge in [0.05, 0.1) is 19.0 Å². The average Bonchev–Trinajstić information content (AvgIpc) is 3.06. The molecule has 0 aliphatic heterocycles. The molecule has 0 aliphatic rings. The first kappa shape index (κ1) is 18.2. The highest BCUT2D eigenvalue weighted by Gasteiger charge is 2.11. The van der Waals surface area contributed by atoms with Crippen LogP contribution in [-0.2, 0) is 6.42 Å². The molecule has 0 fully saturated rings. The molecule has 2 aromatic heterocycles. The monoisotopic (exact) mass is 354 g/mol. The molecule has 0 amide bonds. The molecule has 0 spiro atoms. The molecule has 0 saturated heterocycles. The van der Waals surface area contributed by atoms with Gasteiger partial charge in [0.15, 0.2) is 0 Å². The fourth-order valence-electron chi connectivity index (χ4n) is 3.08. The van der Waals surface area contributed by atoms with Crippen LogP contribution in [0.4, 0.5) is 0 Å². The molecule has 0 radical (unpaired) electrons. The van der Waals surface area contributed by atoms with Crippen LogP contribution < -0.4 is 5.63 Å². The Labute approximate surface area is 150 Å². The van der Waals surface area contributed by atoms with Crippen LogP contribution in [0.15, 0.2) is 67.5 Å². The van der Waals surface area contributed by atoms with Crippen molar-refractivity contribution in [1.82, 2.24) is 0 Å². The maximum Gasteiger partial charge on any atom is 0.336 e. The van der Waals surface area contributed by atoms with Crippen molar-refractivity contribution in [2.75, 3.05) is 6.61 Å². The van der Waals surface area contributed by atoms with Crippen molar-refractivity contribution in [3.8, 4) is 0 Å². The normalized spacial score (nSPS) is 14.3. The van der Waals surface area contributed by atoms with E-state index in [9.17, 15) is 9.90 Å². The number of hydrogen-bond donors (Lipinski definition) is 2. The number of aliphatic hydroxyl groups excluding tert-OH is 2. The zero-order chi connectivity index (χ0) is 18.7. The van der Waals surface area contributed by atoms with E-state index in [1.807, 2.05) is 13.0 Å². The molecule has 3 rings (SSSR count). The SMILES string of the molecule is C/C(=C\[C@H](O)C/C(C)=C/Cc1c2ccoc2cc2oc(=O)ccc12)CO. The summed E-state index contributed by atoms with van der Waals surface area (Å²) < 4.78 is 10.8. The third-order valence-electron chi connectivity index (χ3n) is 4.38. The first-order chi connectivity index (χ1) is 12.5. The van der Waals surface area contributed by atoms with Crippen molar-refractivity contribution in [3.63, 3.8) is 0 Å². The quantitative estimate of drug-likeness (QED) is 0.521. The lowest BCUT2D eigenvalue weighted by atomic mass is 9.99. The van der Waals surface area contributed by atoms with Crippen LogP contribution in [0.5, 0.6) is 0 Å². The van der Waals surface area contributed by atoms with Gasteiger partial charge in [0.2, 0.25) is 0 Å². The molecular formula is C21H22O5. The Kier molecular flexibility index (Phi) is 5.40. The largest absolute Gasteiger partial charge is 0.464 e. The molecule has 5 heteroatoms. The number of hydrogen-bond acceptors (Lipinski definition) is 5. The van der Waals surface area contributed by atoms with Crippen LogP contribution in [0.1, 0.15) is 25.8 Å². The Bertz CT molecular complexity index is 1040. The second kappa shape index (κ2) is 7.72. The van der Waals surface area contributed by atoms with Crippen LogP contribution in [-0.4, -0.2) is 22.9 Å². The van der Waals surface area contributed by atoms with E-state index in [1.165, 1.54) is 6.07 Å². The lowest BCUT2D eigenvalue weighted by Gasteiger charge is -2.09. The average molecular weight is 354 g/mol. The van der Waals surface area contributed by atoms with Gasteiger partial charge in [-0.1, -0.05) is 17.7 Å². The van der Waals surface area contributed by atoms with Gasteiger partial charge >= 0.3 is 5.63 Å². The second-order valence-corrected chi connectivity index (χ2v) is 6.55. The summed E-state index contributed by atoms with van der Waals surface area (Å²) in [6.45, 7) is 3.68. The lowest BCUT2D eigenvalue weighted by molar-refractivity contribution is 0.220. The summed E-state index contributed by atoms with van der Waals surface area (Å²) in [5.41, 5.74) is 3.58. The van der Waals surface area contributed by atoms with Crippen LogP contribution in [0, 0.1) is 0 Å². The molecule has 136 valence electrons. The van der Waals surface area contributed by atoms with Gasteiger partial charge in [-0.25, -0.2) is 4.79 Å². The van der Waals surface area contributed by atoms with Crippen LogP contribution in [0.25, 0.3) is 21.9 Å². The van der Waals surface area contributed by atoms with E-state index in [0.717, 1.165) is 27.5 Å². The van der Waals surface area contributed by atoms with Gasteiger partial charge in [-0.15, -0.1) is 0 Å². The van der Waals surface area contributed by atoms with E-state index >= 15 is 0 Å². The molecule has 0 aliphatic carbocycles. The van der Waals surface area contributed by atoms with Crippen LogP contribution >= 0.6 is 0 Å². The predicted octanol–water partition coefficient (Wildman–Crippen LogP) is 3.72. The van der Waals surface area contributed by atoms with Crippen molar-refractivity contribution in [2.45, 2.75) is 32.8 Å². The molecule has 0 unspecified atom stereocenters. The maximum atomic E-state index is 11.5. The number of aliphatic hydroxyl groups is 2. The fourth-order valence-corrected chi connectivity index (χ4v) is 3.08. The number of fused-ring (bicyclic) bond motifs is 2. The van der Waals surface area contributed by atoms with Gasteiger partial charge in [0.25, 0.3) is 0 Å². The third kappa shape index (κ3) is 3.95. The molecule has 2 N–H and O–H groups in total. The molecule has 0 saturated carbocycles. The Balaban J connectivity index is 1.92. The summed E-state index contributed by atoms with van der Waals surface area (Å²) in [7, 11) is 0. The van der Waals surface area contributed by atoms with Gasteiger partial charge in [-0.05, 0) is 50.0 Å². The van der Waals surface area contributed by atoms with E-state index in [2.05, 4.69) is 6.08 Å². The molecule has 2 heterocycles. The molecule has 1 atom stereocenters. The number of allylic oxidation sites excluding steroid dienone is 1.